The monoisotopic (exact) mass is 772 g/mol. The summed E-state index contributed by atoms with van der Waals surface area (Å²) < 4.78 is 0. The summed E-state index contributed by atoms with van der Waals surface area (Å²) in [6.07, 6.45) is 8.89. The molecular weight excluding hydrogens is 717 g/mol. The minimum Gasteiger partial charge on any atom is -0.369 e. The molecule has 56 heavy (non-hydrogen) atoms. The Morgan fingerprint density at radius 3 is 1.09 bits per heavy atom. The molecule has 2 rings (SSSR count). The molecule has 0 bridgehead atoms. The van der Waals surface area contributed by atoms with Crippen LogP contribution in [0.4, 0.5) is 11.4 Å². The van der Waals surface area contributed by atoms with Gasteiger partial charge in [-0.2, -0.15) is 10.2 Å². The van der Waals surface area contributed by atoms with Gasteiger partial charge >= 0.3 is 0 Å². The SMILES string of the molecule is CC(=O)c1cc(N=C(CCCCCCCCCCC(=Nc2cc(C(C)=NN=C(N)N)cc(C(C)=NN=C(N)N)c2)NN=C(N)N)NN=C(N)N)cc(C(C)=O)c1. The second-order valence-corrected chi connectivity index (χ2v) is 12.8. The summed E-state index contributed by atoms with van der Waals surface area (Å²) in [5, 5.41) is 23.5. The van der Waals surface area contributed by atoms with E-state index in [2.05, 4.69) is 46.5 Å². The van der Waals surface area contributed by atoms with E-state index in [9.17, 15) is 9.59 Å². The smallest absolute Gasteiger partial charge is 0.211 e. The van der Waals surface area contributed by atoms with E-state index in [-0.39, 0.29) is 35.4 Å². The van der Waals surface area contributed by atoms with Crippen molar-refractivity contribution in [1.29, 1.82) is 0 Å². The average Bonchev–Trinajstić information content (AvgIpc) is 3.13. The highest BCUT2D eigenvalue weighted by atomic mass is 16.1. The molecule has 0 unspecified atom stereocenters. The Morgan fingerprint density at radius 1 is 0.446 bits per heavy atom. The Balaban J connectivity index is 2.04. The van der Waals surface area contributed by atoms with Crippen molar-refractivity contribution in [3.05, 3.63) is 58.7 Å². The van der Waals surface area contributed by atoms with Gasteiger partial charge in [0.2, 0.25) is 23.8 Å². The molecule has 0 saturated heterocycles. The third-order valence-electron chi connectivity index (χ3n) is 7.85. The van der Waals surface area contributed by atoms with Crippen LogP contribution in [0.5, 0.6) is 0 Å². The number of ketones is 2. The first kappa shape index (κ1) is 45.3. The van der Waals surface area contributed by atoms with Crippen molar-refractivity contribution in [1.82, 2.24) is 10.9 Å². The number of hydrazone groups is 2. The molecule has 2 aromatic carbocycles. The van der Waals surface area contributed by atoms with E-state index in [0.29, 0.717) is 69.6 Å². The molecule has 0 amide bonds. The van der Waals surface area contributed by atoms with Crippen LogP contribution in [0.3, 0.4) is 0 Å². The predicted molar refractivity (Wildman–Crippen MR) is 227 cm³/mol. The summed E-state index contributed by atoms with van der Waals surface area (Å²) in [5.41, 5.74) is 54.0. The van der Waals surface area contributed by atoms with Crippen molar-refractivity contribution in [3.8, 4) is 0 Å². The maximum Gasteiger partial charge on any atom is 0.211 e. The number of nitrogens with one attached hydrogen (secondary N) is 2. The number of guanidine groups is 4. The second-order valence-electron chi connectivity index (χ2n) is 12.8. The van der Waals surface area contributed by atoms with E-state index in [1.165, 1.54) is 13.8 Å². The molecule has 18 N–H and O–H groups in total. The van der Waals surface area contributed by atoms with Crippen LogP contribution in [0.15, 0.2) is 77.0 Å². The number of Topliss-reactive ketones (excluding diaryl/α,β-unsaturated/α-hetero) is 2. The number of aliphatic imine (C=N–C) groups is 2. The molecule has 0 aliphatic heterocycles. The standard InChI is InChI=1S/C36H56N18O2/c1-21(47-51-33(37)38)25-15-26(22(2)48-52-34(39)40)18-29(17-25)45-31(49-53-35(41)42)13-11-9-7-5-6-8-10-12-14-32(50-54-36(43)44)46-30-19-27(23(3)55)16-28(20-30)24(4)56/h15-20H,5-14H2,1-4H3,(H,45,49)(H,46,50)(H4,37,38,51)(H4,39,40,52)(H4,41,42,53)(H4,43,44,54). The van der Waals surface area contributed by atoms with Gasteiger partial charge in [-0.1, -0.05) is 38.5 Å². The molecule has 302 valence electrons. The third-order valence-corrected chi connectivity index (χ3v) is 7.85. The van der Waals surface area contributed by atoms with Crippen LogP contribution >= 0.6 is 0 Å². The molecular formula is C36H56N18O2. The van der Waals surface area contributed by atoms with Gasteiger partial charge in [-0.05, 0) is 76.9 Å². The van der Waals surface area contributed by atoms with Crippen LogP contribution in [-0.2, 0) is 0 Å². The third kappa shape index (κ3) is 18.3. The first-order valence-electron chi connectivity index (χ1n) is 18.0. The first-order valence-corrected chi connectivity index (χ1v) is 18.0. The summed E-state index contributed by atoms with van der Waals surface area (Å²) in [4.78, 5) is 33.5. The van der Waals surface area contributed by atoms with Gasteiger partial charge in [-0.15, -0.1) is 20.4 Å². The lowest BCUT2D eigenvalue weighted by Crippen LogP contribution is -2.29. The van der Waals surface area contributed by atoms with Crippen LogP contribution in [0, 0.1) is 0 Å². The highest BCUT2D eigenvalue weighted by molar-refractivity contribution is 6.05. The molecule has 0 spiro atoms. The van der Waals surface area contributed by atoms with E-state index in [1.807, 2.05) is 18.2 Å². The van der Waals surface area contributed by atoms with Crippen molar-refractivity contribution in [3.63, 3.8) is 0 Å². The average molecular weight is 773 g/mol. The van der Waals surface area contributed by atoms with E-state index in [1.54, 1.807) is 32.0 Å². The fraction of sp³-hybridized carbons (Fsp3) is 0.389. The number of hydrogen-bond donors (Lipinski definition) is 10. The number of carbonyl (C=O) groups is 2. The number of rotatable bonds is 21. The summed E-state index contributed by atoms with van der Waals surface area (Å²) in [6.45, 7) is 6.39. The van der Waals surface area contributed by atoms with Gasteiger partial charge in [0, 0.05) is 35.1 Å². The zero-order valence-electron chi connectivity index (χ0n) is 32.5. The number of amidine groups is 2. The van der Waals surface area contributed by atoms with E-state index < -0.39 is 0 Å². The van der Waals surface area contributed by atoms with Gasteiger partial charge in [-0.25, -0.2) is 9.98 Å². The zero-order valence-corrected chi connectivity index (χ0v) is 32.5. The molecule has 0 heterocycles. The molecule has 0 aliphatic carbocycles. The van der Waals surface area contributed by atoms with Crippen LogP contribution in [0.2, 0.25) is 0 Å². The lowest BCUT2D eigenvalue weighted by Gasteiger charge is -2.10. The minimum atomic E-state index is -0.178. The summed E-state index contributed by atoms with van der Waals surface area (Å²) in [6, 6.07) is 10.3. The van der Waals surface area contributed by atoms with E-state index in [4.69, 9.17) is 50.9 Å². The summed E-state index contributed by atoms with van der Waals surface area (Å²) >= 11 is 0. The number of nitrogens with two attached hydrogens (primary N) is 8. The maximum absolute atomic E-state index is 12.0. The van der Waals surface area contributed by atoms with Crippen molar-refractivity contribution in [2.24, 2.45) is 86.5 Å². The van der Waals surface area contributed by atoms with Crippen molar-refractivity contribution in [2.75, 3.05) is 0 Å². The number of nitrogens with zero attached hydrogens (tertiary/aromatic N) is 8. The van der Waals surface area contributed by atoms with Crippen molar-refractivity contribution >= 4 is 69.9 Å². The highest BCUT2D eigenvalue weighted by Crippen LogP contribution is 2.22. The molecule has 0 radical (unpaired) electrons. The summed E-state index contributed by atoms with van der Waals surface area (Å²) in [7, 11) is 0. The number of hydrogen-bond acceptors (Lipinski definition) is 10. The van der Waals surface area contributed by atoms with Gasteiger partial charge < -0.3 is 45.9 Å². The largest absolute Gasteiger partial charge is 0.369 e. The molecule has 0 aliphatic rings. The van der Waals surface area contributed by atoms with Gasteiger partial charge in [0.1, 0.15) is 11.7 Å². The molecule has 20 nitrogen and oxygen atoms in total. The Kier molecular flexibility index (Phi) is 19.2. The topological polar surface area (TPSA) is 365 Å². The van der Waals surface area contributed by atoms with Crippen LogP contribution in [0.1, 0.15) is 124 Å². The molecule has 2 aromatic rings. The molecule has 0 aromatic heterocycles. The van der Waals surface area contributed by atoms with Gasteiger partial charge in [-0.3, -0.25) is 20.4 Å². The molecule has 20 heteroatoms. The van der Waals surface area contributed by atoms with Crippen molar-refractivity contribution in [2.45, 2.75) is 91.9 Å². The van der Waals surface area contributed by atoms with Crippen molar-refractivity contribution < 1.29 is 9.59 Å². The van der Waals surface area contributed by atoms with Gasteiger partial charge in [0.05, 0.1) is 22.8 Å². The quantitative estimate of drug-likeness (QED) is 0.0287. The predicted octanol–water partition coefficient (Wildman–Crippen LogP) is 2.30. The Bertz CT molecular complexity index is 1820. The molecule has 0 saturated carbocycles. The Labute approximate surface area is 326 Å². The fourth-order valence-corrected chi connectivity index (χ4v) is 5.05. The van der Waals surface area contributed by atoms with Gasteiger partial charge in [0.25, 0.3) is 0 Å². The number of benzene rings is 2. The lowest BCUT2D eigenvalue weighted by atomic mass is 10.0. The zero-order chi connectivity index (χ0) is 41.6. The number of carbonyl (C=O) groups excluding carboxylic acids is 2. The van der Waals surface area contributed by atoms with E-state index >= 15 is 0 Å². The normalized spacial score (nSPS) is 12.0. The Morgan fingerprint density at radius 2 is 0.768 bits per heavy atom. The fourth-order valence-electron chi connectivity index (χ4n) is 5.05. The molecule has 0 fully saturated rings. The first-order chi connectivity index (χ1) is 26.5. The maximum atomic E-state index is 12.0. The van der Waals surface area contributed by atoms with Crippen LogP contribution < -0.4 is 56.7 Å². The second kappa shape index (κ2) is 23.7. The minimum absolute atomic E-state index is 0.137. The highest BCUT2D eigenvalue weighted by Gasteiger charge is 2.11. The van der Waals surface area contributed by atoms with Crippen LogP contribution in [0.25, 0.3) is 0 Å². The van der Waals surface area contributed by atoms with Crippen LogP contribution in [-0.4, -0.2) is 58.5 Å². The van der Waals surface area contributed by atoms with E-state index in [0.717, 1.165) is 51.4 Å². The lowest BCUT2D eigenvalue weighted by molar-refractivity contribution is 0.101. The van der Waals surface area contributed by atoms with Gasteiger partial charge in [0.15, 0.2) is 11.6 Å². The summed E-state index contributed by atoms with van der Waals surface area (Å²) in [5.74, 6) is 0.106. The Hall–Kier alpha value is -6.86. The molecule has 0 atom stereocenters. The number of unbranched alkanes of at least 4 members (excludes halogenated alkanes) is 7.